The van der Waals surface area contributed by atoms with Gasteiger partial charge >= 0.3 is 33.6 Å². The molecule has 0 saturated heterocycles. The number of carbonyl (C=O) groups excluding carboxylic acids is 3. The maximum absolute atomic E-state index is 13.0. The van der Waals surface area contributed by atoms with Crippen molar-refractivity contribution in [2.45, 2.75) is 386 Å². The topological polar surface area (TPSA) is 231 Å². The van der Waals surface area contributed by atoms with Gasteiger partial charge in [0.2, 0.25) is 0 Å². The van der Waals surface area contributed by atoms with Crippen LogP contribution in [0.3, 0.4) is 0 Å². The van der Waals surface area contributed by atoms with Gasteiger partial charge in [-0.15, -0.1) is 0 Å². The summed E-state index contributed by atoms with van der Waals surface area (Å²) >= 11 is 0. The van der Waals surface area contributed by atoms with E-state index in [9.17, 15) is 43.5 Å². The molecule has 5 atom stereocenters. The van der Waals surface area contributed by atoms with E-state index < -0.39 is 91.5 Å². The molecule has 0 bridgehead atoms. The van der Waals surface area contributed by atoms with Gasteiger partial charge in [0.1, 0.15) is 25.4 Å². The molecular formula is C91H158O16P2. The van der Waals surface area contributed by atoms with Crippen LogP contribution in [0.15, 0.2) is 134 Å². The van der Waals surface area contributed by atoms with Crippen molar-refractivity contribution in [1.29, 1.82) is 0 Å². The Morgan fingerprint density at radius 1 is 0.266 bits per heavy atom. The summed E-state index contributed by atoms with van der Waals surface area (Å²) in [4.78, 5) is 58.8. The monoisotopic (exact) mass is 1570 g/mol. The van der Waals surface area contributed by atoms with Gasteiger partial charge < -0.3 is 34.2 Å². The second-order valence-corrected chi connectivity index (χ2v) is 31.9. The second kappa shape index (κ2) is 83.1. The first-order valence-electron chi connectivity index (χ1n) is 43.5. The molecule has 628 valence electrons. The average Bonchev–Trinajstić information content (AvgIpc) is 0.940. The Labute approximate surface area is 665 Å². The molecule has 0 aliphatic heterocycles. The van der Waals surface area contributed by atoms with Crippen LogP contribution in [0.1, 0.15) is 367 Å². The van der Waals surface area contributed by atoms with Crippen molar-refractivity contribution in [1.82, 2.24) is 0 Å². The fraction of sp³-hybridized carbons (Fsp3) is 0.725. The fourth-order valence-electron chi connectivity index (χ4n) is 11.7. The van der Waals surface area contributed by atoms with Crippen LogP contribution in [0.2, 0.25) is 0 Å². The molecule has 0 radical (unpaired) electrons. The van der Waals surface area contributed by atoms with Gasteiger partial charge in [-0.25, -0.2) is 9.13 Å². The molecule has 4 N–H and O–H groups in total. The van der Waals surface area contributed by atoms with Crippen LogP contribution in [0.4, 0.5) is 0 Å². The summed E-state index contributed by atoms with van der Waals surface area (Å²) in [6.07, 6.45) is 102. The molecule has 18 heteroatoms. The average molecular weight is 1570 g/mol. The lowest BCUT2D eigenvalue weighted by atomic mass is 10.0. The highest BCUT2D eigenvalue weighted by atomic mass is 31.2. The zero-order valence-electron chi connectivity index (χ0n) is 68.9. The van der Waals surface area contributed by atoms with E-state index >= 15 is 0 Å². The summed E-state index contributed by atoms with van der Waals surface area (Å²) in [6, 6.07) is 0. The summed E-state index contributed by atoms with van der Waals surface area (Å²) in [5, 5.41) is 20.7. The number of hydrogen-bond acceptors (Lipinski definition) is 14. The number of carbonyl (C=O) groups is 3. The van der Waals surface area contributed by atoms with Gasteiger partial charge in [-0.3, -0.25) is 32.5 Å². The van der Waals surface area contributed by atoms with Crippen LogP contribution >= 0.6 is 15.6 Å². The number of aliphatic hydroxyl groups excluding tert-OH is 2. The van der Waals surface area contributed by atoms with Crippen molar-refractivity contribution in [3.05, 3.63) is 134 Å². The predicted octanol–water partition coefficient (Wildman–Crippen LogP) is 26.2. The van der Waals surface area contributed by atoms with Crippen LogP contribution in [0.5, 0.6) is 0 Å². The lowest BCUT2D eigenvalue weighted by molar-refractivity contribution is -0.161. The molecule has 0 rings (SSSR count). The standard InChI is InChI=1S/C91H158O16P2/c1-4-7-10-13-16-19-22-25-28-30-32-34-36-38-40-41-42-43-45-47-48-50-52-54-57-59-62-65-68-71-74-77-89(94)101-80-86(92)81-103-108(97,98)104-82-87(93)83-105-109(99,100)106-85-88(107-91(96)79-76-73-70-67-64-61-56-27-24-21-18-15-12-9-6-3)84-102-90(95)78-75-72-69-66-63-60-58-55-53-51-49-46-44-39-37-35-33-31-29-26-23-20-17-14-11-8-5-2/h7,10,16-21,25-29,32-35,38-40,44,56,86-88,92-93H,4-6,8-9,11-15,22-24,30-31,36-37,41-43,45-55,57-85H2,1-3H3,(H,97,98)(H,99,100)/b10-7-,19-16-,20-17-,21-18-,28-25-,29-26-,34-32-,35-33-,40-38-,44-39-,56-27-. The zero-order valence-corrected chi connectivity index (χ0v) is 70.7. The van der Waals surface area contributed by atoms with Gasteiger partial charge in [0.25, 0.3) is 0 Å². The smallest absolute Gasteiger partial charge is 0.463 e. The molecule has 0 aliphatic rings. The van der Waals surface area contributed by atoms with E-state index in [1.54, 1.807) is 0 Å². The summed E-state index contributed by atoms with van der Waals surface area (Å²) in [5.41, 5.74) is 0. The van der Waals surface area contributed by atoms with Crippen LogP contribution in [0.25, 0.3) is 0 Å². The molecule has 0 aromatic rings. The van der Waals surface area contributed by atoms with E-state index in [0.29, 0.717) is 19.3 Å². The van der Waals surface area contributed by atoms with Gasteiger partial charge in [0.05, 0.1) is 26.4 Å². The Bertz CT molecular complexity index is 2510. The molecule has 0 aliphatic carbocycles. The van der Waals surface area contributed by atoms with Crippen molar-refractivity contribution in [3.8, 4) is 0 Å². The number of hydrogen-bond donors (Lipinski definition) is 4. The van der Waals surface area contributed by atoms with Gasteiger partial charge in [-0.2, -0.15) is 0 Å². The van der Waals surface area contributed by atoms with Crippen molar-refractivity contribution >= 4 is 33.6 Å². The van der Waals surface area contributed by atoms with Crippen molar-refractivity contribution in [2.24, 2.45) is 0 Å². The largest absolute Gasteiger partial charge is 0.472 e. The molecule has 0 aromatic heterocycles. The third kappa shape index (κ3) is 84.4. The van der Waals surface area contributed by atoms with E-state index in [0.717, 1.165) is 148 Å². The maximum atomic E-state index is 13.0. The molecule has 0 aromatic carbocycles. The highest BCUT2D eigenvalue weighted by molar-refractivity contribution is 7.47. The minimum atomic E-state index is -4.94. The summed E-state index contributed by atoms with van der Waals surface area (Å²) in [6.45, 7) is 2.53. The number of esters is 3. The Balaban J connectivity index is 4.49. The zero-order chi connectivity index (χ0) is 79.4. The number of phosphoric acid groups is 2. The molecule has 0 amide bonds. The van der Waals surface area contributed by atoms with E-state index in [1.165, 1.54) is 161 Å². The Hall–Kier alpha value is -4.31. The van der Waals surface area contributed by atoms with Gasteiger partial charge in [0.15, 0.2) is 6.10 Å². The minimum Gasteiger partial charge on any atom is -0.463 e. The predicted molar refractivity (Wildman–Crippen MR) is 454 cm³/mol. The van der Waals surface area contributed by atoms with E-state index in [4.69, 9.17) is 32.3 Å². The van der Waals surface area contributed by atoms with E-state index in [-0.39, 0.29) is 19.3 Å². The lowest BCUT2D eigenvalue weighted by Gasteiger charge is -2.21. The molecular weight excluding hydrogens is 1410 g/mol. The Morgan fingerprint density at radius 2 is 0.486 bits per heavy atom. The Kier molecular flexibility index (Phi) is 79.8. The first kappa shape index (κ1) is 105. The number of aliphatic hydroxyl groups is 2. The van der Waals surface area contributed by atoms with Gasteiger partial charge in [0, 0.05) is 19.3 Å². The SMILES string of the molecule is CC/C=C\C/C=C\C/C=C\C/C=C\C/C=C\CCCCCCCCCCCCCCCCCC(=O)OCC(O)COP(=O)(O)OCC(O)COP(=O)(O)OCC(COC(=O)CCCCCCCCCCCCC/C=C\C/C=C\C/C=C\C/C=C\CCCCC)OC(=O)CCCCCCC/C=C\C/C=C\CCCCC. The second-order valence-electron chi connectivity index (χ2n) is 29.0. The van der Waals surface area contributed by atoms with Crippen LogP contribution in [0, 0.1) is 0 Å². The normalized spacial score (nSPS) is 14.5. The van der Waals surface area contributed by atoms with Crippen LogP contribution < -0.4 is 0 Å². The molecule has 0 fully saturated rings. The van der Waals surface area contributed by atoms with E-state index in [2.05, 4.69) is 154 Å². The van der Waals surface area contributed by atoms with Gasteiger partial charge in [-0.1, -0.05) is 341 Å². The molecule has 5 unspecified atom stereocenters. The minimum absolute atomic E-state index is 0.0870. The van der Waals surface area contributed by atoms with Crippen molar-refractivity contribution in [3.63, 3.8) is 0 Å². The summed E-state index contributed by atoms with van der Waals surface area (Å²) in [7, 11) is -9.80. The van der Waals surface area contributed by atoms with Crippen molar-refractivity contribution in [2.75, 3.05) is 39.6 Å². The first-order valence-corrected chi connectivity index (χ1v) is 46.5. The quantitative estimate of drug-likeness (QED) is 0.0146. The lowest BCUT2D eigenvalue weighted by Crippen LogP contribution is -2.30. The third-order valence-corrected chi connectivity index (χ3v) is 20.2. The van der Waals surface area contributed by atoms with Crippen LogP contribution in [-0.2, 0) is 55.8 Å². The molecule has 0 spiro atoms. The Morgan fingerprint density at radius 3 is 0.771 bits per heavy atom. The van der Waals surface area contributed by atoms with Crippen LogP contribution in [-0.4, -0.2) is 95.9 Å². The highest BCUT2D eigenvalue weighted by Crippen LogP contribution is 2.45. The fourth-order valence-corrected chi connectivity index (χ4v) is 13.3. The number of allylic oxidation sites excluding steroid dienone is 22. The highest BCUT2D eigenvalue weighted by Gasteiger charge is 2.29. The number of unbranched alkanes of at least 4 members (excludes halogenated alkanes) is 37. The molecule has 16 nitrogen and oxygen atoms in total. The van der Waals surface area contributed by atoms with Crippen molar-refractivity contribution < 1.29 is 75.8 Å². The molecule has 109 heavy (non-hydrogen) atoms. The molecule has 0 heterocycles. The summed E-state index contributed by atoms with van der Waals surface area (Å²) in [5.74, 6) is -1.58. The maximum Gasteiger partial charge on any atom is 0.472 e. The molecule has 0 saturated carbocycles. The number of phosphoric ester groups is 2. The first-order chi connectivity index (χ1) is 53.2. The number of rotatable bonds is 82. The third-order valence-electron chi connectivity index (χ3n) is 18.3. The number of ether oxygens (including phenoxy) is 3. The van der Waals surface area contributed by atoms with Gasteiger partial charge in [-0.05, 0) is 141 Å². The summed E-state index contributed by atoms with van der Waals surface area (Å²) < 4.78 is 61.3. The van der Waals surface area contributed by atoms with E-state index in [1.807, 2.05) is 0 Å².